The monoisotopic (exact) mass is 437 g/mol. The van der Waals surface area contributed by atoms with E-state index in [4.69, 9.17) is 4.74 Å². The number of nitrogens with zero attached hydrogens (tertiary/aromatic N) is 3. The van der Waals surface area contributed by atoms with Gasteiger partial charge in [0.2, 0.25) is 5.91 Å². The molecular weight excluding hydrogens is 406 g/mol. The summed E-state index contributed by atoms with van der Waals surface area (Å²) in [6.07, 6.45) is 3.26. The predicted octanol–water partition coefficient (Wildman–Crippen LogP) is 2.13. The zero-order valence-electron chi connectivity index (χ0n) is 18.7. The van der Waals surface area contributed by atoms with Gasteiger partial charge >= 0.3 is 0 Å². The fourth-order valence-electron chi connectivity index (χ4n) is 6.06. The molecule has 2 fully saturated rings. The van der Waals surface area contributed by atoms with E-state index in [1.165, 1.54) is 6.42 Å². The predicted molar refractivity (Wildman–Crippen MR) is 121 cm³/mol. The summed E-state index contributed by atoms with van der Waals surface area (Å²) in [5, 5.41) is 10.3. The van der Waals surface area contributed by atoms with Gasteiger partial charge in [-0.15, -0.1) is 0 Å². The minimum Gasteiger partial charge on any atom is -0.497 e. The third-order valence-electron chi connectivity index (χ3n) is 7.66. The van der Waals surface area contributed by atoms with E-state index in [9.17, 15) is 14.7 Å². The number of likely N-dealkylation sites (N-methyl/N-ethyl adjacent to an activating group) is 1. The second kappa shape index (κ2) is 8.37. The summed E-state index contributed by atoms with van der Waals surface area (Å²) in [4.78, 5) is 30.9. The minimum atomic E-state index is -0.338. The van der Waals surface area contributed by atoms with Gasteiger partial charge in [-0.05, 0) is 56.1 Å². The van der Waals surface area contributed by atoms with Crippen molar-refractivity contribution in [1.82, 2.24) is 14.4 Å². The van der Waals surface area contributed by atoms with Crippen LogP contribution in [-0.4, -0.2) is 65.3 Å². The maximum atomic E-state index is 13.4. The van der Waals surface area contributed by atoms with Gasteiger partial charge in [-0.1, -0.05) is 12.1 Å². The third-order valence-corrected chi connectivity index (χ3v) is 7.66. The summed E-state index contributed by atoms with van der Waals surface area (Å²) in [5.74, 6) is 0.696. The molecule has 0 bridgehead atoms. The Morgan fingerprint density at radius 2 is 1.94 bits per heavy atom. The number of fused-ring (bicyclic) bond motifs is 3. The Morgan fingerprint density at radius 3 is 2.66 bits per heavy atom. The number of benzene rings is 1. The molecule has 32 heavy (non-hydrogen) atoms. The smallest absolute Gasteiger partial charge is 0.258 e. The van der Waals surface area contributed by atoms with Crippen molar-refractivity contribution in [2.24, 2.45) is 11.8 Å². The van der Waals surface area contributed by atoms with Crippen LogP contribution in [-0.2, 0) is 11.3 Å². The van der Waals surface area contributed by atoms with E-state index in [0.717, 1.165) is 37.2 Å². The van der Waals surface area contributed by atoms with E-state index >= 15 is 0 Å². The summed E-state index contributed by atoms with van der Waals surface area (Å²) in [5.41, 5.74) is 2.36. The summed E-state index contributed by atoms with van der Waals surface area (Å²) in [6.45, 7) is 2.07. The van der Waals surface area contributed by atoms with Crippen molar-refractivity contribution in [3.63, 3.8) is 0 Å². The first-order chi connectivity index (χ1) is 15.5. The van der Waals surface area contributed by atoms with E-state index in [-0.39, 0.29) is 42.0 Å². The molecule has 4 atom stereocenters. The Kier molecular flexibility index (Phi) is 5.55. The molecule has 170 valence electrons. The van der Waals surface area contributed by atoms with Crippen molar-refractivity contribution in [3.8, 4) is 16.9 Å². The van der Waals surface area contributed by atoms with Gasteiger partial charge in [-0.25, -0.2) is 0 Å². The first-order valence-corrected chi connectivity index (χ1v) is 11.5. The average Bonchev–Trinajstić information content (AvgIpc) is 3.34. The molecule has 0 radical (unpaired) electrons. The van der Waals surface area contributed by atoms with Gasteiger partial charge < -0.3 is 19.3 Å². The van der Waals surface area contributed by atoms with E-state index in [2.05, 4.69) is 4.90 Å². The first-order valence-electron chi connectivity index (χ1n) is 11.5. The molecule has 1 N–H and O–H groups in total. The van der Waals surface area contributed by atoms with Gasteiger partial charge in [0.05, 0.1) is 19.2 Å². The standard InChI is InChI=1S/C25H31N3O4/c1-26-22-19(20(15-29)23(26)25(31)27-11-4-3-5-12-27)14-28-21(22)10-9-18(24(28)30)16-7-6-8-17(13-16)32-2/h6-10,13,19-20,22-23,29H,3-5,11-12,14-15H2,1-2H3/t19-,20-,22+,23-/m1/s1. The molecule has 0 spiro atoms. The van der Waals surface area contributed by atoms with Gasteiger partial charge in [0.15, 0.2) is 0 Å². The average molecular weight is 438 g/mol. The van der Waals surface area contributed by atoms with Crippen LogP contribution in [0, 0.1) is 11.8 Å². The minimum absolute atomic E-state index is 0.0332. The van der Waals surface area contributed by atoms with Crippen molar-refractivity contribution in [1.29, 1.82) is 0 Å². The van der Waals surface area contributed by atoms with Crippen LogP contribution < -0.4 is 10.3 Å². The van der Waals surface area contributed by atoms with Crippen molar-refractivity contribution in [3.05, 3.63) is 52.4 Å². The largest absolute Gasteiger partial charge is 0.497 e. The zero-order chi connectivity index (χ0) is 22.4. The van der Waals surface area contributed by atoms with Crippen LogP contribution in [0.3, 0.4) is 0 Å². The Bertz CT molecular complexity index is 1080. The van der Waals surface area contributed by atoms with E-state index in [1.807, 2.05) is 52.9 Å². The summed E-state index contributed by atoms with van der Waals surface area (Å²) in [7, 11) is 3.58. The molecule has 3 aliphatic heterocycles. The molecule has 0 saturated carbocycles. The third kappa shape index (κ3) is 3.26. The van der Waals surface area contributed by atoms with Crippen LogP contribution in [0.25, 0.3) is 11.1 Å². The molecule has 3 aliphatic rings. The number of methoxy groups -OCH3 is 1. The first kappa shape index (κ1) is 21.2. The number of likely N-dealkylation sites (tertiary alicyclic amines) is 2. The number of aromatic nitrogens is 1. The number of ether oxygens (including phenoxy) is 1. The molecule has 5 rings (SSSR count). The SMILES string of the molecule is COc1cccc(-c2ccc3n(c2=O)C[C@@H]2[C@@H](CO)[C@H](C(=O)N4CCCCC4)N(C)[C@H]32)c1. The topological polar surface area (TPSA) is 75.0 Å². The van der Waals surface area contributed by atoms with Crippen molar-refractivity contribution < 1.29 is 14.6 Å². The Morgan fingerprint density at radius 1 is 1.16 bits per heavy atom. The number of rotatable bonds is 4. The second-order valence-corrected chi connectivity index (χ2v) is 9.27. The highest BCUT2D eigenvalue weighted by Crippen LogP contribution is 2.48. The maximum absolute atomic E-state index is 13.4. The number of pyridine rings is 1. The molecule has 7 nitrogen and oxygen atoms in total. The lowest BCUT2D eigenvalue weighted by Crippen LogP contribution is -2.50. The molecule has 0 aliphatic carbocycles. The number of piperidine rings is 1. The van der Waals surface area contributed by atoms with Crippen molar-refractivity contribution in [2.75, 3.05) is 33.9 Å². The lowest BCUT2D eigenvalue weighted by atomic mass is 9.88. The summed E-state index contributed by atoms with van der Waals surface area (Å²) >= 11 is 0. The van der Waals surface area contributed by atoms with Crippen LogP contribution >= 0.6 is 0 Å². The molecular formula is C25H31N3O4. The fraction of sp³-hybridized carbons (Fsp3) is 0.520. The van der Waals surface area contributed by atoms with Crippen LogP contribution in [0.1, 0.15) is 31.0 Å². The van der Waals surface area contributed by atoms with Crippen LogP contribution in [0.2, 0.25) is 0 Å². The van der Waals surface area contributed by atoms with Gasteiger partial charge in [0, 0.05) is 49.3 Å². The highest BCUT2D eigenvalue weighted by Gasteiger charge is 2.54. The molecule has 1 aromatic heterocycles. The number of carbonyl (C=O) groups is 1. The van der Waals surface area contributed by atoms with E-state index in [0.29, 0.717) is 17.9 Å². The number of hydrogen-bond donors (Lipinski definition) is 1. The number of aliphatic hydroxyl groups is 1. The lowest BCUT2D eigenvalue weighted by Gasteiger charge is -2.34. The second-order valence-electron chi connectivity index (χ2n) is 9.27. The van der Waals surface area contributed by atoms with E-state index in [1.54, 1.807) is 7.11 Å². The van der Waals surface area contributed by atoms with Crippen LogP contribution in [0.4, 0.5) is 0 Å². The zero-order valence-corrected chi connectivity index (χ0v) is 18.7. The quantitative estimate of drug-likeness (QED) is 0.793. The Hall–Kier alpha value is -2.64. The molecule has 1 amide bonds. The lowest BCUT2D eigenvalue weighted by molar-refractivity contribution is -0.138. The van der Waals surface area contributed by atoms with Gasteiger partial charge in [-0.3, -0.25) is 14.5 Å². The number of amides is 1. The fourth-order valence-corrected chi connectivity index (χ4v) is 6.06. The summed E-state index contributed by atoms with van der Waals surface area (Å²) in [6, 6.07) is 11.0. The normalized spacial score (nSPS) is 27.3. The number of carbonyl (C=O) groups excluding carboxylic acids is 1. The highest BCUT2D eigenvalue weighted by atomic mass is 16.5. The van der Waals surface area contributed by atoms with Gasteiger partial charge in [-0.2, -0.15) is 0 Å². The summed E-state index contributed by atoms with van der Waals surface area (Å²) < 4.78 is 7.16. The molecule has 0 unspecified atom stereocenters. The van der Waals surface area contributed by atoms with Crippen molar-refractivity contribution in [2.45, 2.75) is 37.9 Å². The molecule has 2 aromatic rings. The van der Waals surface area contributed by atoms with Crippen LogP contribution in [0.5, 0.6) is 5.75 Å². The Labute approximate surface area is 188 Å². The molecule has 1 aromatic carbocycles. The molecule has 4 heterocycles. The highest BCUT2D eigenvalue weighted by molar-refractivity contribution is 5.83. The van der Waals surface area contributed by atoms with Crippen LogP contribution in [0.15, 0.2) is 41.2 Å². The van der Waals surface area contributed by atoms with Gasteiger partial charge in [0.25, 0.3) is 5.56 Å². The molecule has 7 heteroatoms. The van der Waals surface area contributed by atoms with E-state index < -0.39 is 0 Å². The molecule has 2 saturated heterocycles. The number of hydrogen-bond acceptors (Lipinski definition) is 5. The number of aliphatic hydroxyl groups excluding tert-OH is 1. The maximum Gasteiger partial charge on any atom is 0.258 e. The van der Waals surface area contributed by atoms with Crippen molar-refractivity contribution >= 4 is 5.91 Å². The Balaban J connectivity index is 1.48. The van der Waals surface area contributed by atoms with Gasteiger partial charge in [0.1, 0.15) is 5.75 Å².